The Morgan fingerprint density at radius 2 is 1.97 bits per heavy atom. The number of amides is 3. The molecule has 0 saturated carbocycles. The lowest BCUT2D eigenvalue weighted by Crippen LogP contribution is -2.33. The predicted molar refractivity (Wildman–Crippen MR) is 113 cm³/mol. The number of carbonyl (C=O) groups is 3. The summed E-state index contributed by atoms with van der Waals surface area (Å²) in [6.07, 6.45) is 1.73. The second-order valence-corrected chi connectivity index (χ2v) is 7.88. The molecular weight excluding hydrogens is 420 g/mol. The van der Waals surface area contributed by atoms with Gasteiger partial charge in [-0.1, -0.05) is 12.1 Å². The van der Waals surface area contributed by atoms with Crippen LogP contribution < -0.4 is 15.5 Å². The molecule has 0 bridgehead atoms. The monoisotopic (exact) mass is 443 g/mol. The Hall–Kier alpha value is -3.33. The first-order valence-electron chi connectivity index (χ1n) is 10.5. The van der Waals surface area contributed by atoms with Gasteiger partial charge in [-0.3, -0.25) is 14.4 Å². The van der Waals surface area contributed by atoms with Crippen molar-refractivity contribution in [3.05, 3.63) is 59.7 Å². The summed E-state index contributed by atoms with van der Waals surface area (Å²) in [4.78, 5) is 39.0. The molecule has 2 atom stereocenters. The van der Waals surface area contributed by atoms with Gasteiger partial charge < -0.3 is 20.3 Å². The van der Waals surface area contributed by atoms with Gasteiger partial charge in [-0.05, 0) is 37.1 Å². The van der Waals surface area contributed by atoms with E-state index in [9.17, 15) is 23.2 Å². The minimum atomic E-state index is -0.868. The standard InChI is InChI=1S/C23H23F2N3O4/c24-15-7-8-20(18(25)11-15)28-13-14(10-21(28)29)22(30)27-19-6-2-1-5-17(19)23(31)26-12-16-4-3-9-32-16/h1-2,5-8,11,14,16H,3-4,9-10,12-13H2,(H,26,31)(H,27,30). The highest BCUT2D eigenvalue weighted by atomic mass is 19.1. The molecule has 2 heterocycles. The average Bonchev–Trinajstić information content (AvgIpc) is 3.42. The van der Waals surface area contributed by atoms with Crippen molar-refractivity contribution < 1.29 is 27.9 Å². The van der Waals surface area contributed by atoms with Crippen LogP contribution in [0.5, 0.6) is 0 Å². The number of ether oxygens (including phenoxy) is 1. The maximum absolute atomic E-state index is 14.1. The van der Waals surface area contributed by atoms with Crippen molar-refractivity contribution in [1.82, 2.24) is 5.32 Å². The van der Waals surface area contributed by atoms with Crippen LogP contribution >= 0.6 is 0 Å². The number of para-hydroxylation sites is 1. The molecule has 2 aliphatic heterocycles. The Labute approximate surface area is 183 Å². The lowest BCUT2D eigenvalue weighted by molar-refractivity contribution is -0.122. The smallest absolute Gasteiger partial charge is 0.253 e. The number of halogens is 2. The van der Waals surface area contributed by atoms with E-state index in [1.54, 1.807) is 24.3 Å². The molecule has 2 unspecified atom stereocenters. The number of rotatable bonds is 6. The molecule has 0 radical (unpaired) electrons. The summed E-state index contributed by atoms with van der Waals surface area (Å²) >= 11 is 0. The first-order valence-corrected chi connectivity index (χ1v) is 10.5. The van der Waals surface area contributed by atoms with Crippen LogP contribution in [0.25, 0.3) is 0 Å². The van der Waals surface area contributed by atoms with Crippen LogP contribution in [-0.2, 0) is 14.3 Å². The fourth-order valence-corrected chi connectivity index (χ4v) is 3.95. The second-order valence-electron chi connectivity index (χ2n) is 7.88. The minimum absolute atomic E-state index is 0.0111. The van der Waals surface area contributed by atoms with Gasteiger partial charge in [-0.2, -0.15) is 0 Å². The maximum atomic E-state index is 14.1. The molecule has 2 saturated heterocycles. The SMILES string of the molecule is O=C(NCC1CCCO1)c1ccccc1NC(=O)C1CC(=O)N(c2ccc(F)cc2F)C1. The van der Waals surface area contributed by atoms with Crippen LogP contribution in [0, 0.1) is 17.6 Å². The Balaban J connectivity index is 1.42. The quantitative estimate of drug-likeness (QED) is 0.719. The van der Waals surface area contributed by atoms with Gasteiger partial charge in [0.25, 0.3) is 5.91 Å². The van der Waals surface area contributed by atoms with Gasteiger partial charge in [-0.25, -0.2) is 8.78 Å². The van der Waals surface area contributed by atoms with Gasteiger partial charge in [0.05, 0.1) is 29.0 Å². The van der Waals surface area contributed by atoms with E-state index in [1.807, 2.05) is 0 Å². The summed E-state index contributed by atoms with van der Waals surface area (Å²) in [5.74, 6) is -3.58. The molecule has 4 rings (SSSR count). The van der Waals surface area contributed by atoms with Crippen LogP contribution in [0.1, 0.15) is 29.6 Å². The normalized spacial score (nSPS) is 20.4. The molecule has 9 heteroatoms. The van der Waals surface area contributed by atoms with Crippen molar-refractivity contribution in [2.45, 2.75) is 25.4 Å². The molecule has 32 heavy (non-hydrogen) atoms. The maximum Gasteiger partial charge on any atom is 0.253 e. The Bertz CT molecular complexity index is 1040. The zero-order valence-corrected chi connectivity index (χ0v) is 17.3. The fraction of sp³-hybridized carbons (Fsp3) is 0.348. The van der Waals surface area contributed by atoms with E-state index in [0.29, 0.717) is 30.5 Å². The molecule has 7 nitrogen and oxygen atoms in total. The number of anilines is 2. The molecular formula is C23H23F2N3O4. The van der Waals surface area contributed by atoms with Gasteiger partial charge in [0.15, 0.2) is 0 Å². The van der Waals surface area contributed by atoms with Crippen LogP contribution in [-0.4, -0.2) is 43.5 Å². The molecule has 168 valence electrons. The largest absolute Gasteiger partial charge is 0.376 e. The number of benzene rings is 2. The van der Waals surface area contributed by atoms with Crippen molar-refractivity contribution in [3.63, 3.8) is 0 Å². The summed E-state index contributed by atoms with van der Waals surface area (Å²) in [6.45, 7) is 1.03. The van der Waals surface area contributed by atoms with Crippen molar-refractivity contribution in [3.8, 4) is 0 Å². The van der Waals surface area contributed by atoms with Crippen molar-refractivity contribution in [2.24, 2.45) is 5.92 Å². The molecule has 0 aromatic heterocycles. The van der Waals surface area contributed by atoms with Crippen LogP contribution in [0.2, 0.25) is 0 Å². The molecule has 0 spiro atoms. The number of nitrogens with one attached hydrogen (secondary N) is 2. The minimum Gasteiger partial charge on any atom is -0.376 e. The van der Waals surface area contributed by atoms with Crippen LogP contribution in [0.3, 0.4) is 0 Å². The molecule has 2 aromatic carbocycles. The van der Waals surface area contributed by atoms with E-state index >= 15 is 0 Å². The highest BCUT2D eigenvalue weighted by Crippen LogP contribution is 2.29. The Kier molecular flexibility index (Phi) is 6.45. The van der Waals surface area contributed by atoms with E-state index < -0.39 is 29.4 Å². The number of hydrogen-bond acceptors (Lipinski definition) is 4. The lowest BCUT2D eigenvalue weighted by atomic mass is 10.1. The van der Waals surface area contributed by atoms with E-state index in [4.69, 9.17) is 4.74 Å². The van der Waals surface area contributed by atoms with Crippen molar-refractivity contribution >= 4 is 29.1 Å². The highest BCUT2D eigenvalue weighted by molar-refractivity contribution is 6.07. The molecule has 0 aliphatic carbocycles. The van der Waals surface area contributed by atoms with Gasteiger partial charge in [-0.15, -0.1) is 0 Å². The van der Waals surface area contributed by atoms with E-state index in [2.05, 4.69) is 10.6 Å². The topological polar surface area (TPSA) is 87.7 Å². The van der Waals surface area contributed by atoms with Crippen molar-refractivity contribution in [2.75, 3.05) is 29.9 Å². The molecule has 2 fully saturated rings. The van der Waals surface area contributed by atoms with Crippen LogP contribution in [0.15, 0.2) is 42.5 Å². The summed E-state index contributed by atoms with van der Waals surface area (Å²) < 4.78 is 32.8. The molecule has 2 aliphatic rings. The zero-order chi connectivity index (χ0) is 22.7. The second kappa shape index (κ2) is 9.44. The number of nitrogens with zero attached hydrogens (tertiary/aromatic N) is 1. The predicted octanol–water partition coefficient (Wildman–Crippen LogP) is 2.87. The lowest BCUT2D eigenvalue weighted by Gasteiger charge is -2.18. The highest BCUT2D eigenvalue weighted by Gasteiger charge is 2.36. The van der Waals surface area contributed by atoms with Gasteiger partial charge >= 0.3 is 0 Å². The van der Waals surface area contributed by atoms with E-state index in [-0.39, 0.29) is 30.7 Å². The number of hydrogen-bond donors (Lipinski definition) is 2. The molecule has 3 amide bonds. The van der Waals surface area contributed by atoms with Gasteiger partial charge in [0.2, 0.25) is 11.8 Å². The third-order valence-corrected chi connectivity index (χ3v) is 5.64. The molecule has 2 aromatic rings. The third kappa shape index (κ3) is 4.77. The first kappa shape index (κ1) is 21.9. The Morgan fingerprint density at radius 1 is 1.16 bits per heavy atom. The summed E-state index contributed by atoms with van der Waals surface area (Å²) in [7, 11) is 0. The number of carbonyl (C=O) groups excluding carboxylic acids is 3. The van der Waals surface area contributed by atoms with Crippen molar-refractivity contribution in [1.29, 1.82) is 0 Å². The van der Waals surface area contributed by atoms with Gasteiger partial charge in [0, 0.05) is 32.2 Å². The van der Waals surface area contributed by atoms with Gasteiger partial charge in [0.1, 0.15) is 11.6 Å². The zero-order valence-electron chi connectivity index (χ0n) is 17.3. The first-order chi connectivity index (χ1) is 15.4. The molecule has 2 N–H and O–H groups in total. The Morgan fingerprint density at radius 3 is 2.72 bits per heavy atom. The van der Waals surface area contributed by atoms with E-state index in [1.165, 1.54) is 6.07 Å². The van der Waals surface area contributed by atoms with Crippen LogP contribution in [0.4, 0.5) is 20.2 Å². The average molecular weight is 443 g/mol. The van der Waals surface area contributed by atoms with E-state index in [0.717, 1.165) is 23.8 Å². The third-order valence-electron chi connectivity index (χ3n) is 5.64. The summed E-state index contributed by atoms with van der Waals surface area (Å²) in [6, 6.07) is 9.51. The summed E-state index contributed by atoms with van der Waals surface area (Å²) in [5.41, 5.74) is 0.548. The summed E-state index contributed by atoms with van der Waals surface area (Å²) in [5, 5.41) is 5.53. The fourth-order valence-electron chi connectivity index (χ4n) is 3.95.